The van der Waals surface area contributed by atoms with Gasteiger partial charge in [-0.2, -0.15) is 5.26 Å². The Hall–Kier alpha value is -1.82. The molecule has 0 aromatic heterocycles. The molecule has 1 aliphatic carbocycles. The van der Waals surface area contributed by atoms with Crippen LogP contribution in [0.25, 0.3) is 0 Å². The van der Waals surface area contributed by atoms with Crippen LogP contribution >= 0.6 is 11.6 Å². The second kappa shape index (κ2) is 6.52. The van der Waals surface area contributed by atoms with Crippen LogP contribution < -0.4 is 0 Å². The van der Waals surface area contributed by atoms with E-state index in [1.807, 2.05) is 36.4 Å². The van der Waals surface area contributed by atoms with E-state index in [4.69, 9.17) is 16.9 Å². The van der Waals surface area contributed by atoms with Gasteiger partial charge >= 0.3 is 0 Å². The van der Waals surface area contributed by atoms with Gasteiger partial charge in [-0.15, -0.1) is 0 Å². The first-order valence-electron chi connectivity index (χ1n) is 7.68. The fraction of sp³-hybridized carbons (Fsp3) is 0.316. The summed E-state index contributed by atoms with van der Waals surface area (Å²) >= 11 is 6.37. The van der Waals surface area contributed by atoms with E-state index in [1.54, 1.807) is 0 Å². The number of rotatable bonds is 5. The lowest BCUT2D eigenvalue weighted by atomic mass is 10.0. The normalized spacial score (nSPS) is 15.5. The smallest absolute Gasteiger partial charge is 0.0991 e. The van der Waals surface area contributed by atoms with E-state index in [0.29, 0.717) is 6.04 Å². The third kappa shape index (κ3) is 3.32. The van der Waals surface area contributed by atoms with E-state index in [1.165, 1.54) is 24.0 Å². The van der Waals surface area contributed by atoms with Gasteiger partial charge in [0.15, 0.2) is 0 Å². The standard InChI is InChI=1S/C19H19ClN2/c1-14(18-7-2-3-8-19(18)20)22(17-9-10-17)13-16-6-4-5-15(11-16)12-21/h2-8,11,14,17H,9-10,13H2,1H3. The number of nitrogens with zero attached hydrogens (tertiary/aromatic N) is 2. The lowest BCUT2D eigenvalue weighted by Crippen LogP contribution is -2.29. The molecule has 0 amide bonds. The van der Waals surface area contributed by atoms with Crippen molar-refractivity contribution >= 4 is 11.6 Å². The lowest BCUT2D eigenvalue weighted by molar-refractivity contribution is 0.190. The molecule has 22 heavy (non-hydrogen) atoms. The molecular formula is C19H19ClN2. The fourth-order valence-corrected chi connectivity index (χ4v) is 3.22. The van der Waals surface area contributed by atoms with Crippen molar-refractivity contribution in [1.29, 1.82) is 5.26 Å². The molecule has 1 saturated carbocycles. The zero-order valence-electron chi connectivity index (χ0n) is 12.7. The van der Waals surface area contributed by atoms with E-state index in [-0.39, 0.29) is 6.04 Å². The number of hydrogen-bond donors (Lipinski definition) is 0. The van der Waals surface area contributed by atoms with Crippen molar-refractivity contribution in [2.24, 2.45) is 0 Å². The monoisotopic (exact) mass is 310 g/mol. The first kappa shape index (κ1) is 15.1. The summed E-state index contributed by atoms with van der Waals surface area (Å²) in [6, 6.07) is 19.1. The third-order valence-corrected chi connectivity index (χ3v) is 4.63. The number of hydrogen-bond acceptors (Lipinski definition) is 2. The molecule has 0 N–H and O–H groups in total. The quantitative estimate of drug-likeness (QED) is 0.782. The zero-order chi connectivity index (χ0) is 15.5. The predicted molar refractivity (Wildman–Crippen MR) is 89.6 cm³/mol. The van der Waals surface area contributed by atoms with Crippen molar-refractivity contribution < 1.29 is 0 Å². The Balaban J connectivity index is 1.84. The maximum atomic E-state index is 9.06. The molecule has 3 rings (SSSR count). The van der Waals surface area contributed by atoms with Crippen molar-refractivity contribution in [3.63, 3.8) is 0 Å². The van der Waals surface area contributed by atoms with Gasteiger partial charge in [-0.3, -0.25) is 4.90 Å². The van der Waals surface area contributed by atoms with Gasteiger partial charge in [0.2, 0.25) is 0 Å². The predicted octanol–water partition coefficient (Wildman–Crippen LogP) is 4.94. The summed E-state index contributed by atoms with van der Waals surface area (Å²) in [4.78, 5) is 2.50. The van der Waals surface area contributed by atoms with Crippen LogP contribution in [0.2, 0.25) is 5.02 Å². The minimum absolute atomic E-state index is 0.270. The Morgan fingerprint density at radius 3 is 2.68 bits per heavy atom. The second-order valence-electron chi connectivity index (χ2n) is 5.91. The maximum absolute atomic E-state index is 9.06. The SMILES string of the molecule is CC(c1ccccc1Cl)N(Cc1cccc(C#N)c1)C1CC1. The van der Waals surface area contributed by atoms with Crippen molar-refractivity contribution in [3.05, 3.63) is 70.2 Å². The van der Waals surface area contributed by atoms with Gasteiger partial charge in [0.25, 0.3) is 0 Å². The Morgan fingerprint density at radius 2 is 2.00 bits per heavy atom. The highest BCUT2D eigenvalue weighted by molar-refractivity contribution is 6.31. The summed E-state index contributed by atoms with van der Waals surface area (Å²) in [6.45, 7) is 3.07. The molecule has 0 heterocycles. The van der Waals surface area contributed by atoms with Gasteiger partial charge in [0.05, 0.1) is 11.6 Å². The molecule has 2 nitrogen and oxygen atoms in total. The Kier molecular flexibility index (Phi) is 4.47. The van der Waals surface area contributed by atoms with Gasteiger partial charge < -0.3 is 0 Å². The fourth-order valence-electron chi connectivity index (χ4n) is 2.93. The van der Waals surface area contributed by atoms with Gasteiger partial charge in [-0.05, 0) is 49.1 Å². The second-order valence-corrected chi connectivity index (χ2v) is 6.32. The Labute approximate surface area is 136 Å². The topological polar surface area (TPSA) is 27.0 Å². The van der Waals surface area contributed by atoms with E-state index in [0.717, 1.165) is 17.1 Å². The zero-order valence-corrected chi connectivity index (χ0v) is 13.4. The molecular weight excluding hydrogens is 292 g/mol. The minimum atomic E-state index is 0.270. The first-order valence-corrected chi connectivity index (χ1v) is 8.06. The van der Waals surface area contributed by atoms with Crippen LogP contribution in [0, 0.1) is 11.3 Å². The lowest BCUT2D eigenvalue weighted by Gasteiger charge is -2.30. The Bertz CT molecular complexity index is 701. The van der Waals surface area contributed by atoms with Crippen LogP contribution in [0.3, 0.4) is 0 Å². The highest BCUT2D eigenvalue weighted by Crippen LogP contribution is 2.37. The summed E-state index contributed by atoms with van der Waals surface area (Å²) in [6.07, 6.45) is 2.49. The Morgan fingerprint density at radius 1 is 1.23 bits per heavy atom. The molecule has 2 aromatic rings. The van der Waals surface area contributed by atoms with E-state index < -0.39 is 0 Å². The number of halogens is 1. The van der Waals surface area contributed by atoms with Crippen LogP contribution in [0.15, 0.2) is 48.5 Å². The third-order valence-electron chi connectivity index (χ3n) is 4.29. The van der Waals surface area contributed by atoms with Crippen molar-refractivity contribution in [3.8, 4) is 6.07 Å². The summed E-state index contributed by atoms with van der Waals surface area (Å²) in [5.41, 5.74) is 3.08. The van der Waals surface area contributed by atoms with Crippen molar-refractivity contribution in [2.75, 3.05) is 0 Å². The highest BCUT2D eigenvalue weighted by atomic mass is 35.5. The molecule has 2 aromatic carbocycles. The molecule has 0 aliphatic heterocycles. The molecule has 1 unspecified atom stereocenters. The average Bonchev–Trinajstić information content (AvgIpc) is 3.37. The molecule has 1 aliphatic rings. The van der Waals surface area contributed by atoms with Crippen LogP contribution in [0.5, 0.6) is 0 Å². The molecule has 0 bridgehead atoms. The number of nitriles is 1. The minimum Gasteiger partial charge on any atom is -0.289 e. The molecule has 1 atom stereocenters. The maximum Gasteiger partial charge on any atom is 0.0991 e. The van der Waals surface area contributed by atoms with Gasteiger partial charge in [-0.25, -0.2) is 0 Å². The molecule has 0 spiro atoms. The molecule has 112 valence electrons. The molecule has 0 radical (unpaired) electrons. The van der Waals surface area contributed by atoms with Gasteiger partial charge in [0, 0.05) is 23.7 Å². The van der Waals surface area contributed by atoms with Crippen LogP contribution in [0.4, 0.5) is 0 Å². The molecule has 3 heteroatoms. The summed E-state index contributed by atoms with van der Waals surface area (Å²) in [7, 11) is 0. The number of benzene rings is 2. The van der Waals surface area contributed by atoms with E-state index in [9.17, 15) is 0 Å². The molecule has 0 saturated heterocycles. The van der Waals surface area contributed by atoms with Crippen LogP contribution in [-0.4, -0.2) is 10.9 Å². The van der Waals surface area contributed by atoms with E-state index in [2.05, 4.69) is 30.0 Å². The van der Waals surface area contributed by atoms with Crippen LogP contribution in [-0.2, 0) is 6.54 Å². The van der Waals surface area contributed by atoms with Crippen molar-refractivity contribution in [2.45, 2.75) is 38.4 Å². The van der Waals surface area contributed by atoms with Crippen LogP contribution in [0.1, 0.15) is 42.5 Å². The van der Waals surface area contributed by atoms with Gasteiger partial charge in [0.1, 0.15) is 0 Å². The highest BCUT2D eigenvalue weighted by Gasteiger charge is 2.33. The largest absolute Gasteiger partial charge is 0.289 e. The molecule has 1 fully saturated rings. The average molecular weight is 311 g/mol. The summed E-state index contributed by atoms with van der Waals surface area (Å²) in [5.74, 6) is 0. The summed E-state index contributed by atoms with van der Waals surface area (Å²) in [5, 5.41) is 9.89. The van der Waals surface area contributed by atoms with Gasteiger partial charge in [-0.1, -0.05) is 41.9 Å². The summed E-state index contributed by atoms with van der Waals surface area (Å²) < 4.78 is 0. The van der Waals surface area contributed by atoms with Crippen molar-refractivity contribution in [1.82, 2.24) is 4.90 Å². The van der Waals surface area contributed by atoms with E-state index >= 15 is 0 Å². The first-order chi connectivity index (χ1) is 10.7.